The first-order valence-electron chi connectivity index (χ1n) is 5.88. The summed E-state index contributed by atoms with van der Waals surface area (Å²) in [5, 5.41) is 0.250. The monoisotopic (exact) mass is 315 g/mol. The van der Waals surface area contributed by atoms with Crippen molar-refractivity contribution in [2.75, 3.05) is 0 Å². The van der Waals surface area contributed by atoms with Gasteiger partial charge in [-0.05, 0) is 52.1 Å². The summed E-state index contributed by atoms with van der Waals surface area (Å²) in [6.07, 6.45) is 3.72. The van der Waals surface area contributed by atoms with Gasteiger partial charge in [0.2, 0.25) is 0 Å². The molecule has 0 bridgehead atoms. The zero-order chi connectivity index (χ0) is 13.3. The van der Waals surface area contributed by atoms with E-state index in [4.69, 9.17) is 4.43 Å². The van der Waals surface area contributed by atoms with Gasteiger partial charge in [0.1, 0.15) is 0 Å². The molecule has 0 unspecified atom stereocenters. The Hall–Kier alpha value is -0.193. The minimum Gasteiger partial charge on any atom is -0.412 e. The molecule has 1 rings (SSSR count). The van der Waals surface area contributed by atoms with Crippen molar-refractivity contribution >= 4 is 24.2 Å². The summed E-state index contributed by atoms with van der Waals surface area (Å²) in [6, 6.07) is 0. The summed E-state index contributed by atoms with van der Waals surface area (Å²) < 4.78 is 7.24. The normalized spacial score (nSPS) is 12.9. The van der Waals surface area contributed by atoms with Gasteiger partial charge in [0.15, 0.2) is 8.32 Å². The van der Waals surface area contributed by atoms with Gasteiger partial charge in [0, 0.05) is 16.9 Å². The number of hydrogen-bond donors (Lipinski definition) is 0. The zero-order valence-corrected chi connectivity index (χ0v) is 14.2. The van der Waals surface area contributed by atoms with Gasteiger partial charge in [-0.25, -0.2) is 0 Å². The van der Waals surface area contributed by atoms with Crippen LogP contribution in [0.5, 0.6) is 0 Å². The maximum Gasteiger partial charge on any atom is 0.192 e. The third-order valence-corrected chi connectivity index (χ3v) is 8.93. The van der Waals surface area contributed by atoms with Crippen LogP contribution in [0.4, 0.5) is 0 Å². The molecule has 0 aliphatic rings. The molecule has 0 saturated heterocycles. The van der Waals surface area contributed by atoms with Crippen molar-refractivity contribution in [3.8, 4) is 0 Å². The van der Waals surface area contributed by atoms with E-state index in [-0.39, 0.29) is 5.04 Å². The van der Waals surface area contributed by atoms with Gasteiger partial charge in [-0.2, -0.15) is 0 Å². The molecule has 17 heavy (non-hydrogen) atoms. The maximum atomic E-state index is 6.19. The molecule has 0 aliphatic carbocycles. The van der Waals surface area contributed by atoms with Gasteiger partial charge in [-0.3, -0.25) is 4.98 Å². The average Bonchev–Trinajstić information content (AvgIpc) is 2.18. The molecule has 0 amide bonds. The summed E-state index contributed by atoms with van der Waals surface area (Å²) >= 11 is 3.50. The largest absolute Gasteiger partial charge is 0.412 e. The second-order valence-electron chi connectivity index (χ2n) is 5.95. The Morgan fingerprint density at radius 3 is 2.41 bits per heavy atom. The Morgan fingerprint density at radius 2 is 1.88 bits per heavy atom. The van der Waals surface area contributed by atoms with Crippen LogP contribution < -0.4 is 0 Å². The van der Waals surface area contributed by atoms with E-state index in [0.29, 0.717) is 6.61 Å². The van der Waals surface area contributed by atoms with Gasteiger partial charge in [0.25, 0.3) is 0 Å². The van der Waals surface area contributed by atoms with E-state index in [1.165, 1.54) is 11.1 Å². The van der Waals surface area contributed by atoms with Crippen LogP contribution in [0, 0.1) is 6.92 Å². The highest BCUT2D eigenvalue weighted by Crippen LogP contribution is 2.37. The number of hydrogen-bond acceptors (Lipinski definition) is 2. The molecule has 96 valence electrons. The van der Waals surface area contributed by atoms with Crippen LogP contribution in [-0.2, 0) is 11.0 Å². The van der Waals surface area contributed by atoms with Crippen LogP contribution in [0.2, 0.25) is 18.1 Å². The lowest BCUT2D eigenvalue weighted by Gasteiger charge is -2.36. The topological polar surface area (TPSA) is 22.1 Å². The molecule has 1 aromatic heterocycles. The molecule has 0 atom stereocenters. The molecule has 0 N–H and O–H groups in total. The molecule has 0 aromatic carbocycles. The lowest BCUT2D eigenvalue weighted by atomic mass is 10.2. The first-order chi connectivity index (χ1) is 7.65. The molecule has 0 radical (unpaired) electrons. The van der Waals surface area contributed by atoms with Crippen LogP contribution in [0.3, 0.4) is 0 Å². The summed E-state index contributed by atoms with van der Waals surface area (Å²) in [6.45, 7) is 14.1. The highest BCUT2D eigenvalue weighted by molar-refractivity contribution is 9.10. The molecular weight excluding hydrogens is 294 g/mol. The van der Waals surface area contributed by atoms with Gasteiger partial charge >= 0.3 is 0 Å². The van der Waals surface area contributed by atoms with E-state index < -0.39 is 8.32 Å². The third-order valence-electron chi connectivity index (χ3n) is 3.65. The van der Waals surface area contributed by atoms with Crippen molar-refractivity contribution in [3.63, 3.8) is 0 Å². The van der Waals surface area contributed by atoms with Crippen molar-refractivity contribution in [1.29, 1.82) is 0 Å². The van der Waals surface area contributed by atoms with Crippen molar-refractivity contribution < 1.29 is 4.43 Å². The summed E-state index contributed by atoms with van der Waals surface area (Å²) in [7, 11) is -1.67. The Balaban J connectivity index is 2.78. The molecule has 0 spiro atoms. The Morgan fingerprint density at radius 1 is 1.29 bits per heavy atom. The minimum atomic E-state index is -1.67. The third kappa shape index (κ3) is 3.63. The second kappa shape index (κ2) is 5.20. The van der Waals surface area contributed by atoms with Crippen LogP contribution in [-0.4, -0.2) is 13.3 Å². The van der Waals surface area contributed by atoms with E-state index in [0.717, 1.165) is 4.47 Å². The van der Waals surface area contributed by atoms with Gasteiger partial charge in [0.05, 0.1) is 6.61 Å². The molecule has 1 aromatic rings. The van der Waals surface area contributed by atoms with Crippen molar-refractivity contribution in [2.45, 2.75) is 52.4 Å². The van der Waals surface area contributed by atoms with Gasteiger partial charge < -0.3 is 4.43 Å². The van der Waals surface area contributed by atoms with Crippen LogP contribution in [0.1, 0.15) is 31.9 Å². The molecular formula is C13H22BrNOSi. The highest BCUT2D eigenvalue weighted by atomic mass is 79.9. The fourth-order valence-electron chi connectivity index (χ4n) is 1.16. The van der Waals surface area contributed by atoms with E-state index in [1.54, 1.807) is 0 Å². The number of pyridine rings is 1. The molecule has 0 fully saturated rings. The molecule has 2 nitrogen and oxygen atoms in total. The van der Waals surface area contributed by atoms with Crippen LogP contribution >= 0.6 is 15.9 Å². The molecule has 0 saturated carbocycles. The van der Waals surface area contributed by atoms with E-state index in [1.807, 2.05) is 12.4 Å². The fraction of sp³-hybridized carbons (Fsp3) is 0.615. The van der Waals surface area contributed by atoms with Crippen molar-refractivity contribution in [1.82, 2.24) is 4.98 Å². The van der Waals surface area contributed by atoms with E-state index in [9.17, 15) is 0 Å². The van der Waals surface area contributed by atoms with E-state index in [2.05, 4.69) is 61.7 Å². The fourth-order valence-corrected chi connectivity index (χ4v) is 2.48. The number of aromatic nitrogens is 1. The predicted molar refractivity (Wildman–Crippen MR) is 78.7 cm³/mol. The van der Waals surface area contributed by atoms with E-state index >= 15 is 0 Å². The Labute approximate surface area is 114 Å². The SMILES string of the molecule is Cc1c(Br)cncc1CO[Si](C)(C)C(C)(C)C. The first-order valence-corrected chi connectivity index (χ1v) is 9.58. The van der Waals surface area contributed by atoms with Crippen molar-refractivity contribution in [2.24, 2.45) is 0 Å². The predicted octanol–water partition coefficient (Wildman–Crippen LogP) is 4.67. The van der Waals surface area contributed by atoms with Crippen LogP contribution in [0.25, 0.3) is 0 Å². The lowest BCUT2D eigenvalue weighted by Crippen LogP contribution is -2.40. The smallest absolute Gasteiger partial charge is 0.192 e. The Kier molecular flexibility index (Phi) is 4.55. The molecule has 4 heteroatoms. The Bertz CT molecular complexity index is 399. The van der Waals surface area contributed by atoms with Crippen LogP contribution in [0.15, 0.2) is 16.9 Å². The van der Waals surface area contributed by atoms with Crippen molar-refractivity contribution in [3.05, 3.63) is 28.0 Å². The summed E-state index contributed by atoms with van der Waals surface area (Å²) in [5.74, 6) is 0. The number of rotatable bonds is 3. The number of halogens is 1. The molecule has 1 heterocycles. The summed E-state index contributed by atoms with van der Waals surface area (Å²) in [5.41, 5.74) is 2.39. The lowest BCUT2D eigenvalue weighted by molar-refractivity contribution is 0.275. The standard InChI is InChI=1S/C13H22BrNOSi/c1-10-11(7-15-8-12(10)14)9-16-17(5,6)13(2,3)4/h7-8H,9H2,1-6H3. The highest BCUT2D eigenvalue weighted by Gasteiger charge is 2.37. The minimum absolute atomic E-state index is 0.250. The average molecular weight is 316 g/mol. The second-order valence-corrected chi connectivity index (χ2v) is 11.6. The first kappa shape index (κ1) is 14.9. The maximum absolute atomic E-state index is 6.19. The number of nitrogens with zero attached hydrogens (tertiary/aromatic N) is 1. The van der Waals surface area contributed by atoms with Gasteiger partial charge in [-0.15, -0.1) is 0 Å². The summed E-state index contributed by atoms with van der Waals surface area (Å²) in [4.78, 5) is 4.20. The zero-order valence-electron chi connectivity index (χ0n) is 11.6. The van der Waals surface area contributed by atoms with Gasteiger partial charge in [-0.1, -0.05) is 20.8 Å². The quantitative estimate of drug-likeness (QED) is 0.756. The molecule has 0 aliphatic heterocycles.